The van der Waals surface area contributed by atoms with Gasteiger partial charge >= 0.3 is 0 Å². The number of carbonyl (C=O) groups is 1. The Morgan fingerprint density at radius 2 is 1.90 bits per heavy atom. The fourth-order valence-electron chi connectivity index (χ4n) is 2.48. The molecule has 2 aromatic rings. The van der Waals surface area contributed by atoms with Crippen molar-refractivity contribution in [2.45, 2.75) is 32.1 Å². The van der Waals surface area contributed by atoms with E-state index in [0.717, 1.165) is 12.8 Å². The molecule has 5 heteroatoms. The standard InChI is InChI=1S/C16H19ClN2O2/c1-3-16(4-2,12-5-7-13(17)8-6-12)11-18-15(20)14-9-10-21-19-14/h5-10H,3-4,11H2,1-2H3,(H,18,20). The van der Waals surface area contributed by atoms with E-state index >= 15 is 0 Å². The fourth-order valence-corrected chi connectivity index (χ4v) is 2.61. The van der Waals surface area contributed by atoms with Gasteiger partial charge in [-0.25, -0.2) is 0 Å². The van der Waals surface area contributed by atoms with E-state index in [1.165, 1.54) is 11.8 Å². The molecule has 0 bridgehead atoms. The lowest BCUT2D eigenvalue weighted by molar-refractivity contribution is 0.0932. The number of nitrogens with zero attached hydrogens (tertiary/aromatic N) is 1. The Labute approximate surface area is 129 Å². The van der Waals surface area contributed by atoms with Crippen LogP contribution in [0.3, 0.4) is 0 Å². The Morgan fingerprint density at radius 3 is 2.43 bits per heavy atom. The first kappa shape index (κ1) is 15.6. The smallest absolute Gasteiger partial charge is 0.273 e. The lowest BCUT2D eigenvalue weighted by Gasteiger charge is -2.32. The van der Waals surface area contributed by atoms with Gasteiger partial charge in [-0.15, -0.1) is 0 Å². The van der Waals surface area contributed by atoms with Crippen molar-refractivity contribution in [3.8, 4) is 0 Å². The monoisotopic (exact) mass is 306 g/mol. The molecule has 1 amide bonds. The molecule has 1 aromatic carbocycles. The van der Waals surface area contributed by atoms with E-state index in [1.54, 1.807) is 6.07 Å². The third kappa shape index (κ3) is 3.45. The average molecular weight is 307 g/mol. The third-order valence-electron chi connectivity index (χ3n) is 4.07. The van der Waals surface area contributed by atoms with E-state index in [-0.39, 0.29) is 11.3 Å². The van der Waals surface area contributed by atoms with Crippen molar-refractivity contribution in [2.75, 3.05) is 6.54 Å². The normalized spacial score (nSPS) is 11.4. The molecular weight excluding hydrogens is 288 g/mol. The van der Waals surface area contributed by atoms with E-state index in [9.17, 15) is 4.79 Å². The van der Waals surface area contributed by atoms with E-state index in [0.29, 0.717) is 17.3 Å². The highest BCUT2D eigenvalue weighted by Gasteiger charge is 2.29. The Balaban J connectivity index is 2.14. The molecule has 0 atom stereocenters. The number of halogens is 1. The van der Waals surface area contributed by atoms with E-state index in [4.69, 9.17) is 16.1 Å². The molecular formula is C16H19ClN2O2. The van der Waals surface area contributed by atoms with E-state index in [1.807, 2.05) is 24.3 Å². The maximum absolute atomic E-state index is 12.0. The number of hydrogen-bond acceptors (Lipinski definition) is 3. The van der Waals surface area contributed by atoms with E-state index < -0.39 is 0 Å². The fraction of sp³-hybridized carbons (Fsp3) is 0.375. The lowest BCUT2D eigenvalue weighted by Crippen LogP contribution is -2.40. The second-order valence-electron chi connectivity index (χ2n) is 5.06. The predicted octanol–water partition coefficient (Wildman–Crippen LogP) is 3.82. The molecule has 1 heterocycles. The highest BCUT2D eigenvalue weighted by molar-refractivity contribution is 6.30. The van der Waals surface area contributed by atoms with Gasteiger partial charge in [0.15, 0.2) is 5.69 Å². The molecule has 1 N–H and O–H groups in total. The van der Waals surface area contributed by atoms with Crippen LogP contribution in [0, 0.1) is 0 Å². The van der Waals surface area contributed by atoms with Gasteiger partial charge in [-0.2, -0.15) is 0 Å². The summed E-state index contributed by atoms with van der Waals surface area (Å²) in [6.45, 7) is 4.80. The molecule has 112 valence electrons. The number of amides is 1. The highest BCUT2D eigenvalue weighted by Crippen LogP contribution is 2.31. The van der Waals surface area contributed by atoms with Crippen molar-refractivity contribution in [3.05, 3.63) is 52.9 Å². The zero-order valence-electron chi connectivity index (χ0n) is 12.2. The number of aromatic nitrogens is 1. The average Bonchev–Trinajstić information content (AvgIpc) is 3.04. The van der Waals surface area contributed by atoms with Crippen LogP contribution in [0.1, 0.15) is 42.7 Å². The first-order valence-electron chi connectivity index (χ1n) is 7.06. The number of hydrogen-bond donors (Lipinski definition) is 1. The van der Waals surface area contributed by atoms with Crippen LogP contribution in [-0.4, -0.2) is 17.6 Å². The minimum absolute atomic E-state index is 0.107. The van der Waals surface area contributed by atoms with E-state index in [2.05, 4.69) is 24.3 Å². The van der Waals surface area contributed by atoms with Crippen LogP contribution in [-0.2, 0) is 5.41 Å². The first-order chi connectivity index (χ1) is 10.1. The Hall–Kier alpha value is -1.81. The van der Waals surface area contributed by atoms with Crippen molar-refractivity contribution in [1.29, 1.82) is 0 Å². The highest BCUT2D eigenvalue weighted by atomic mass is 35.5. The van der Waals surface area contributed by atoms with Crippen LogP contribution >= 0.6 is 11.6 Å². The molecule has 0 spiro atoms. The summed E-state index contributed by atoms with van der Waals surface area (Å²) < 4.78 is 4.69. The van der Waals surface area contributed by atoms with Gasteiger partial charge in [0.1, 0.15) is 6.26 Å². The molecule has 0 aliphatic carbocycles. The SMILES string of the molecule is CCC(CC)(CNC(=O)c1ccon1)c1ccc(Cl)cc1. The third-order valence-corrected chi connectivity index (χ3v) is 4.32. The zero-order valence-corrected chi connectivity index (χ0v) is 13.0. The Morgan fingerprint density at radius 1 is 1.24 bits per heavy atom. The molecule has 4 nitrogen and oxygen atoms in total. The van der Waals surface area contributed by atoms with Gasteiger partial charge < -0.3 is 9.84 Å². The summed E-state index contributed by atoms with van der Waals surface area (Å²) in [5.74, 6) is -0.219. The van der Waals surface area contributed by atoms with Gasteiger partial charge in [-0.1, -0.05) is 42.7 Å². The molecule has 0 fully saturated rings. The topological polar surface area (TPSA) is 55.1 Å². The lowest BCUT2D eigenvalue weighted by atomic mass is 9.76. The molecule has 1 aromatic heterocycles. The van der Waals surface area contributed by atoms with Crippen molar-refractivity contribution in [1.82, 2.24) is 10.5 Å². The summed E-state index contributed by atoms with van der Waals surface area (Å²) in [5, 5.41) is 7.31. The van der Waals surface area contributed by atoms with Gasteiger partial charge in [0.2, 0.25) is 0 Å². The van der Waals surface area contributed by atoms with Crippen molar-refractivity contribution in [2.24, 2.45) is 0 Å². The molecule has 0 saturated carbocycles. The van der Waals surface area contributed by atoms with Crippen LogP contribution in [0.25, 0.3) is 0 Å². The first-order valence-corrected chi connectivity index (χ1v) is 7.43. The number of carbonyl (C=O) groups excluding carboxylic acids is 1. The molecule has 21 heavy (non-hydrogen) atoms. The van der Waals surface area contributed by atoms with Crippen LogP contribution < -0.4 is 5.32 Å². The molecule has 0 aliphatic rings. The van der Waals surface area contributed by atoms with Crippen molar-refractivity contribution in [3.63, 3.8) is 0 Å². The van der Waals surface area contributed by atoms with Crippen LogP contribution in [0.2, 0.25) is 5.02 Å². The molecule has 0 saturated heterocycles. The van der Waals surface area contributed by atoms with Gasteiger partial charge in [-0.3, -0.25) is 4.79 Å². The molecule has 0 radical (unpaired) electrons. The summed E-state index contributed by atoms with van der Waals surface area (Å²) in [4.78, 5) is 12.0. The minimum Gasteiger partial charge on any atom is -0.364 e. The predicted molar refractivity (Wildman–Crippen MR) is 82.5 cm³/mol. The quantitative estimate of drug-likeness (QED) is 0.882. The van der Waals surface area contributed by atoms with Crippen LogP contribution in [0.15, 0.2) is 41.1 Å². The summed E-state index contributed by atoms with van der Waals surface area (Å²) in [7, 11) is 0. The Kier molecular flexibility index (Phi) is 5.02. The van der Waals surface area contributed by atoms with Crippen LogP contribution in [0.4, 0.5) is 0 Å². The molecule has 2 rings (SSSR count). The summed E-state index contributed by atoms with van der Waals surface area (Å²) in [6, 6.07) is 9.37. The maximum atomic E-state index is 12.0. The molecule has 0 unspecified atom stereocenters. The second-order valence-corrected chi connectivity index (χ2v) is 5.50. The number of benzene rings is 1. The summed E-state index contributed by atoms with van der Waals surface area (Å²) in [5.41, 5.74) is 1.37. The number of rotatable bonds is 6. The van der Waals surface area contributed by atoms with Crippen molar-refractivity contribution < 1.29 is 9.32 Å². The van der Waals surface area contributed by atoms with Gasteiger partial charge in [-0.05, 0) is 30.5 Å². The second kappa shape index (κ2) is 6.76. The van der Waals surface area contributed by atoms with Crippen molar-refractivity contribution >= 4 is 17.5 Å². The van der Waals surface area contributed by atoms with Gasteiger partial charge in [0, 0.05) is 23.0 Å². The zero-order chi connectivity index (χ0) is 15.3. The Bertz CT molecular complexity index is 575. The largest absolute Gasteiger partial charge is 0.364 e. The minimum atomic E-state index is -0.219. The summed E-state index contributed by atoms with van der Waals surface area (Å²) in [6.07, 6.45) is 3.23. The summed E-state index contributed by atoms with van der Waals surface area (Å²) >= 11 is 5.95. The van der Waals surface area contributed by atoms with Crippen LogP contribution in [0.5, 0.6) is 0 Å². The maximum Gasteiger partial charge on any atom is 0.273 e. The number of nitrogens with one attached hydrogen (secondary N) is 1. The molecule has 0 aliphatic heterocycles. The van der Waals surface area contributed by atoms with Gasteiger partial charge in [0.25, 0.3) is 5.91 Å². The van der Waals surface area contributed by atoms with Gasteiger partial charge in [0.05, 0.1) is 0 Å².